The molecule has 2 aliphatic rings. The molecule has 0 aromatic rings. The molecule has 124 valence electrons. The average Bonchev–Trinajstić information content (AvgIpc) is 2.91. The fraction of sp³-hybridized carbons (Fsp3) is 1.00. The Morgan fingerprint density at radius 1 is 1.29 bits per heavy atom. The molecule has 0 aromatic heterocycles. The van der Waals surface area contributed by atoms with E-state index < -0.39 is 5.60 Å². The van der Waals surface area contributed by atoms with Gasteiger partial charge in [-0.2, -0.15) is 0 Å². The van der Waals surface area contributed by atoms with E-state index in [-0.39, 0.29) is 0 Å². The van der Waals surface area contributed by atoms with Crippen molar-refractivity contribution in [3.8, 4) is 0 Å². The molecule has 0 amide bonds. The number of β-amino-alcohol motifs (C(OH)–C–C–N with tert-alkyl or cyclic N) is 1. The minimum atomic E-state index is -0.644. The Kier molecular flexibility index (Phi) is 6.93. The highest BCUT2D eigenvalue weighted by Gasteiger charge is 2.30. The van der Waals surface area contributed by atoms with Crippen LogP contribution < -0.4 is 5.32 Å². The highest BCUT2D eigenvalue weighted by Crippen LogP contribution is 2.30. The summed E-state index contributed by atoms with van der Waals surface area (Å²) in [5, 5.41) is 14.3. The zero-order valence-electron chi connectivity index (χ0n) is 13.9. The first-order valence-corrected chi connectivity index (χ1v) is 8.86. The molecule has 1 aliphatic heterocycles. The molecule has 0 aromatic carbocycles. The summed E-state index contributed by atoms with van der Waals surface area (Å²) in [4.78, 5) is 2.31. The Balaban J connectivity index is 1.72. The van der Waals surface area contributed by atoms with Crippen LogP contribution in [0, 0.1) is 5.92 Å². The maximum atomic E-state index is 10.6. The fourth-order valence-electron chi connectivity index (χ4n) is 3.77. The molecule has 3 atom stereocenters. The molecule has 21 heavy (non-hydrogen) atoms. The van der Waals surface area contributed by atoms with Crippen LogP contribution in [0.2, 0.25) is 0 Å². The lowest BCUT2D eigenvalue weighted by Crippen LogP contribution is -2.52. The second kappa shape index (κ2) is 8.47. The van der Waals surface area contributed by atoms with Crippen molar-refractivity contribution in [1.29, 1.82) is 0 Å². The van der Waals surface area contributed by atoms with Crippen molar-refractivity contribution in [3.05, 3.63) is 0 Å². The van der Waals surface area contributed by atoms with Gasteiger partial charge in [-0.3, -0.25) is 4.90 Å². The van der Waals surface area contributed by atoms with Crippen molar-refractivity contribution >= 4 is 0 Å². The number of hydrogen-bond donors (Lipinski definition) is 2. The molecule has 0 spiro atoms. The van der Waals surface area contributed by atoms with Crippen LogP contribution >= 0.6 is 0 Å². The first kappa shape index (κ1) is 17.2. The average molecular weight is 298 g/mol. The zero-order valence-corrected chi connectivity index (χ0v) is 13.9. The van der Waals surface area contributed by atoms with E-state index in [4.69, 9.17) is 4.74 Å². The SMILES string of the molecule is CCCCC1CCCC1NCC(C)(O)CN1CCOCC1. The van der Waals surface area contributed by atoms with Crippen LogP contribution in [0.5, 0.6) is 0 Å². The summed E-state index contributed by atoms with van der Waals surface area (Å²) >= 11 is 0. The Hall–Kier alpha value is -0.160. The highest BCUT2D eigenvalue weighted by atomic mass is 16.5. The molecule has 0 radical (unpaired) electrons. The van der Waals surface area contributed by atoms with Gasteiger partial charge in [-0.15, -0.1) is 0 Å². The zero-order chi connectivity index (χ0) is 15.1. The lowest BCUT2D eigenvalue weighted by atomic mass is 9.96. The Bertz CT molecular complexity index is 291. The summed E-state index contributed by atoms with van der Waals surface area (Å²) in [6.45, 7) is 9.16. The van der Waals surface area contributed by atoms with E-state index in [9.17, 15) is 5.11 Å². The van der Waals surface area contributed by atoms with Gasteiger partial charge in [0.25, 0.3) is 0 Å². The first-order chi connectivity index (χ1) is 10.1. The molecular weight excluding hydrogens is 264 g/mol. The molecule has 1 saturated heterocycles. The molecular formula is C17H34N2O2. The van der Waals surface area contributed by atoms with Crippen LogP contribution in [-0.4, -0.2) is 61.0 Å². The molecule has 0 bridgehead atoms. The van der Waals surface area contributed by atoms with Gasteiger partial charge in [0.05, 0.1) is 18.8 Å². The minimum Gasteiger partial charge on any atom is -0.388 e. The Morgan fingerprint density at radius 2 is 2.05 bits per heavy atom. The molecule has 1 saturated carbocycles. The van der Waals surface area contributed by atoms with Crippen LogP contribution in [-0.2, 0) is 4.74 Å². The minimum absolute atomic E-state index is 0.618. The van der Waals surface area contributed by atoms with Crippen molar-refractivity contribution in [1.82, 2.24) is 10.2 Å². The van der Waals surface area contributed by atoms with E-state index in [1.165, 1.54) is 38.5 Å². The number of nitrogens with one attached hydrogen (secondary N) is 1. The van der Waals surface area contributed by atoms with Gasteiger partial charge in [0, 0.05) is 32.2 Å². The summed E-state index contributed by atoms with van der Waals surface area (Å²) in [6, 6.07) is 0.618. The van der Waals surface area contributed by atoms with Gasteiger partial charge in [-0.05, 0) is 32.1 Å². The third-order valence-electron chi connectivity index (χ3n) is 5.00. The van der Waals surface area contributed by atoms with Crippen LogP contribution in [0.1, 0.15) is 52.4 Å². The predicted octanol–water partition coefficient (Wildman–Crippen LogP) is 2.02. The van der Waals surface area contributed by atoms with E-state index in [2.05, 4.69) is 17.1 Å². The van der Waals surface area contributed by atoms with Crippen molar-refractivity contribution in [2.75, 3.05) is 39.4 Å². The standard InChI is InChI=1S/C17H34N2O2/c1-3-4-6-15-7-5-8-16(15)18-13-17(2,20)14-19-9-11-21-12-10-19/h15-16,18,20H,3-14H2,1-2H3. The van der Waals surface area contributed by atoms with Crippen molar-refractivity contribution < 1.29 is 9.84 Å². The molecule has 3 unspecified atom stereocenters. The summed E-state index contributed by atoms with van der Waals surface area (Å²) in [5.41, 5.74) is -0.644. The summed E-state index contributed by atoms with van der Waals surface area (Å²) in [5.74, 6) is 0.823. The van der Waals surface area contributed by atoms with Gasteiger partial charge in [0.1, 0.15) is 0 Å². The number of morpholine rings is 1. The van der Waals surface area contributed by atoms with Crippen LogP contribution in [0.4, 0.5) is 0 Å². The smallest absolute Gasteiger partial charge is 0.0869 e. The quantitative estimate of drug-likeness (QED) is 0.719. The van der Waals surface area contributed by atoms with Gasteiger partial charge in [0.2, 0.25) is 0 Å². The Morgan fingerprint density at radius 3 is 2.76 bits per heavy atom. The van der Waals surface area contributed by atoms with Crippen LogP contribution in [0.15, 0.2) is 0 Å². The summed E-state index contributed by atoms with van der Waals surface area (Å²) in [7, 11) is 0. The number of aliphatic hydroxyl groups is 1. The van der Waals surface area contributed by atoms with E-state index >= 15 is 0 Å². The predicted molar refractivity (Wildman–Crippen MR) is 86.5 cm³/mol. The van der Waals surface area contributed by atoms with Gasteiger partial charge in [-0.25, -0.2) is 0 Å². The van der Waals surface area contributed by atoms with Crippen molar-refractivity contribution in [2.45, 2.75) is 64.0 Å². The highest BCUT2D eigenvalue weighted by molar-refractivity contribution is 4.88. The third kappa shape index (κ3) is 5.85. The van der Waals surface area contributed by atoms with Crippen LogP contribution in [0.25, 0.3) is 0 Å². The number of hydrogen-bond acceptors (Lipinski definition) is 4. The van der Waals surface area contributed by atoms with Gasteiger partial charge >= 0.3 is 0 Å². The van der Waals surface area contributed by atoms with E-state index in [1.807, 2.05) is 6.92 Å². The molecule has 2 N–H and O–H groups in total. The first-order valence-electron chi connectivity index (χ1n) is 8.86. The summed E-state index contributed by atoms with van der Waals surface area (Å²) < 4.78 is 5.37. The lowest BCUT2D eigenvalue weighted by Gasteiger charge is -2.35. The summed E-state index contributed by atoms with van der Waals surface area (Å²) in [6.07, 6.45) is 7.97. The molecule has 4 heteroatoms. The van der Waals surface area contributed by atoms with Crippen molar-refractivity contribution in [2.24, 2.45) is 5.92 Å². The number of rotatable bonds is 8. The largest absolute Gasteiger partial charge is 0.388 e. The second-order valence-corrected chi connectivity index (χ2v) is 7.21. The number of ether oxygens (including phenoxy) is 1. The lowest BCUT2D eigenvalue weighted by molar-refractivity contribution is -0.0233. The monoisotopic (exact) mass is 298 g/mol. The third-order valence-corrected chi connectivity index (χ3v) is 5.00. The maximum absolute atomic E-state index is 10.6. The number of unbranched alkanes of at least 4 members (excludes halogenated alkanes) is 1. The molecule has 1 heterocycles. The van der Waals surface area contributed by atoms with Gasteiger partial charge in [-0.1, -0.05) is 26.2 Å². The molecule has 1 aliphatic carbocycles. The second-order valence-electron chi connectivity index (χ2n) is 7.21. The fourth-order valence-corrected chi connectivity index (χ4v) is 3.77. The van der Waals surface area contributed by atoms with E-state index in [0.29, 0.717) is 12.6 Å². The molecule has 2 rings (SSSR count). The topological polar surface area (TPSA) is 44.7 Å². The number of nitrogens with zero attached hydrogens (tertiary/aromatic N) is 1. The Labute approximate surface area is 130 Å². The normalized spacial score (nSPS) is 30.4. The maximum Gasteiger partial charge on any atom is 0.0869 e. The van der Waals surface area contributed by atoms with E-state index in [1.54, 1.807) is 0 Å². The molecule has 2 fully saturated rings. The van der Waals surface area contributed by atoms with Gasteiger partial charge in [0.15, 0.2) is 0 Å². The molecule has 4 nitrogen and oxygen atoms in total. The van der Waals surface area contributed by atoms with Crippen molar-refractivity contribution in [3.63, 3.8) is 0 Å². The van der Waals surface area contributed by atoms with E-state index in [0.717, 1.165) is 38.8 Å². The van der Waals surface area contributed by atoms with Crippen LogP contribution in [0.3, 0.4) is 0 Å². The van der Waals surface area contributed by atoms with Gasteiger partial charge < -0.3 is 15.2 Å².